The maximum atomic E-state index is 12.2. The molecular formula is C17H26N2O4. The third-order valence-electron chi connectivity index (χ3n) is 3.00. The molecule has 6 nitrogen and oxygen atoms in total. The van der Waals surface area contributed by atoms with Gasteiger partial charge in [-0.1, -0.05) is 12.1 Å². The average molecular weight is 322 g/mol. The Kier molecular flexibility index (Phi) is 6.88. The first-order valence-corrected chi connectivity index (χ1v) is 7.61. The Morgan fingerprint density at radius 1 is 1.17 bits per heavy atom. The number of benzene rings is 1. The van der Waals surface area contributed by atoms with Crippen molar-refractivity contribution in [1.29, 1.82) is 0 Å². The second kappa shape index (κ2) is 8.41. The first-order valence-electron chi connectivity index (χ1n) is 7.61. The lowest BCUT2D eigenvalue weighted by Gasteiger charge is -2.25. The third kappa shape index (κ3) is 6.59. The molecule has 128 valence electrons. The lowest BCUT2D eigenvalue weighted by molar-refractivity contribution is -0.137. The van der Waals surface area contributed by atoms with E-state index in [4.69, 9.17) is 9.47 Å². The number of hydrogen-bond donors (Lipinski definition) is 1. The highest BCUT2D eigenvalue weighted by Gasteiger charge is 2.20. The summed E-state index contributed by atoms with van der Waals surface area (Å²) >= 11 is 0. The van der Waals surface area contributed by atoms with E-state index in [1.165, 1.54) is 4.90 Å². The minimum absolute atomic E-state index is 0.0158. The smallest absolute Gasteiger partial charge is 0.260 e. The Labute approximate surface area is 137 Å². The van der Waals surface area contributed by atoms with Crippen LogP contribution in [0.15, 0.2) is 24.3 Å². The molecule has 0 bridgehead atoms. The summed E-state index contributed by atoms with van der Waals surface area (Å²) in [5.74, 6) is 0.625. The van der Waals surface area contributed by atoms with Gasteiger partial charge in [0.05, 0.1) is 13.7 Å². The van der Waals surface area contributed by atoms with Crippen molar-refractivity contribution in [3.05, 3.63) is 24.3 Å². The van der Waals surface area contributed by atoms with Gasteiger partial charge in [-0.05, 0) is 39.8 Å². The van der Waals surface area contributed by atoms with Crippen LogP contribution in [0.4, 0.5) is 0 Å². The highest BCUT2D eigenvalue weighted by Crippen LogP contribution is 2.25. The molecule has 6 heteroatoms. The molecular weight excluding hydrogens is 296 g/mol. The second-order valence-corrected chi connectivity index (χ2v) is 6.15. The van der Waals surface area contributed by atoms with E-state index in [9.17, 15) is 9.59 Å². The number of hydrogen-bond acceptors (Lipinski definition) is 4. The van der Waals surface area contributed by atoms with Gasteiger partial charge in [-0.15, -0.1) is 0 Å². The number of nitrogens with one attached hydrogen (secondary N) is 1. The van der Waals surface area contributed by atoms with Crippen LogP contribution in [-0.2, 0) is 9.59 Å². The zero-order valence-electron chi connectivity index (χ0n) is 14.5. The predicted molar refractivity (Wildman–Crippen MR) is 88.6 cm³/mol. The van der Waals surface area contributed by atoms with Crippen molar-refractivity contribution in [2.45, 2.75) is 33.2 Å². The summed E-state index contributed by atoms with van der Waals surface area (Å²) < 4.78 is 10.7. The van der Waals surface area contributed by atoms with Gasteiger partial charge in [0.25, 0.3) is 5.91 Å². The Hall–Kier alpha value is -2.24. The number of methoxy groups -OCH3 is 1. The van der Waals surface area contributed by atoms with Crippen LogP contribution in [-0.4, -0.2) is 49.1 Å². The SMILES string of the molecule is CCN(CC(=O)NC(C)(C)C)C(=O)COc1ccccc1OC. The number of rotatable bonds is 7. The van der Waals surface area contributed by atoms with Crippen molar-refractivity contribution in [2.24, 2.45) is 0 Å². The van der Waals surface area contributed by atoms with Crippen LogP contribution < -0.4 is 14.8 Å². The fourth-order valence-electron chi connectivity index (χ4n) is 1.98. The Morgan fingerprint density at radius 3 is 2.30 bits per heavy atom. The molecule has 0 saturated carbocycles. The highest BCUT2D eigenvalue weighted by molar-refractivity contribution is 5.85. The minimum atomic E-state index is -0.326. The number of amides is 2. The summed E-state index contributed by atoms with van der Waals surface area (Å²) in [5.41, 5.74) is -0.326. The van der Waals surface area contributed by atoms with E-state index in [0.717, 1.165) is 0 Å². The van der Waals surface area contributed by atoms with Crippen molar-refractivity contribution in [3.63, 3.8) is 0 Å². The van der Waals surface area contributed by atoms with E-state index in [1.54, 1.807) is 25.3 Å². The van der Waals surface area contributed by atoms with Gasteiger partial charge in [-0.2, -0.15) is 0 Å². The van der Waals surface area contributed by atoms with Crippen LogP contribution in [0.2, 0.25) is 0 Å². The molecule has 1 rings (SSSR count). The van der Waals surface area contributed by atoms with E-state index in [1.807, 2.05) is 33.8 Å². The van der Waals surface area contributed by atoms with Crippen molar-refractivity contribution in [3.8, 4) is 11.5 Å². The largest absolute Gasteiger partial charge is 0.493 e. The quantitative estimate of drug-likeness (QED) is 0.832. The molecule has 1 N–H and O–H groups in total. The van der Waals surface area contributed by atoms with Gasteiger partial charge in [0.2, 0.25) is 5.91 Å². The lowest BCUT2D eigenvalue weighted by Crippen LogP contribution is -2.48. The Morgan fingerprint density at radius 2 is 1.78 bits per heavy atom. The second-order valence-electron chi connectivity index (χ2n) is 6.15. The molecule has 0 saturated heterocycles. The Balaban J connectivity index is 2.58. The molecule has 0 aliphatic carbocycles. The van der Waals surface area contributed by atoms with E-state index in [-0.39, 0.29) is 30.5 Å². The van der Waals surface area contributed by atoms with Gasteiger partial charge >= 0.3 is 0 Å². The topological polar surface area (TPSA) is 67.9 Å². The molecule has 0 atom stereocenters. The van der Waals surface area contributed by atoms with Crippen LogP contribution in [0.5, 0.6) is 11.5 Å². The van der Waals surface area contributed by atoms with Crippen molar-refractivity contribution < 1.29 is 19.1 Å². The fraction of sp³-hybridized carbons (Fsp3) is 0.529. The number of likely N-dealkylation sites (N-methyl/N-ethyl adjacent to an activating group) is 1. The monoisotopic (exact) mass is 322 g/mol. The molecule has 0 heterocycles. The summed E-state index contributed by atoms with van der Waals surface area (Å²) in [7, 11) is 1.54. The fourth-order valence-corrected chi connectivity index (χ4v) is 1.98. The van der Waals surface area contributed by atoms with E-state index < -0.39 is 0 Å². The summed E-state index contributed by atoms with van der Waals surface area (Å²) in [6.45, 7) is 7.82. The van der Waals surface area contributed by atoms with Gasteiger partial charge in [-0.3, -0.25) is 9.59 Å². The molecule has 1 aromatic carbocycles. The summed E-state index contributed by atoms with van der Waals surface area (Å²) in [6.07, 6.45) is 0. The first-order chi connectivity index (χ1) is 10.8. The van der Waals surface area contributed by atoms with Crippen LogP contribution in [0.25, 0.3) is 0 Å². The van der Waals surface area contributed by atoms with Gasteiger partial charge in [-0.25, -0.2) is 0 Å². The molecule has 0 aromatic heterocycles. The van der Waals surface area contributed by atoms with E-state index >= 15 is 0 Å². The van der Waals surface area contributed by atoms with Crippen LogP contribution in [0.3, 0.4) is 0 Å². The number of nitrogens with zero attached hydrogens (tertiary/aromatic N) is 1. The minimum Gasteiger partial charge on any atom is -0.493 e. The van der Waals surface area contributed by atoms with Crippen LogP contribution in [0, 0.1) is 0 Å². The molecule has 0 aliphatic heterocycles. The average Bonchev–Trinajstić information content (AvgIpc) is 2.48. The van der Waals surface area contributed by atoms with Gasteiger partial charge in [0.1, 0.15) is 0 Å². The predicted octanol–water partition coefficient (Wildman–Crippen LogP) is 1.84. The molecule has 0 unspecified atom stereocenters. The van der Waals surface area contributed by atoms with E-state index in [0.29, 0.717) is 18.0 Å². The van der Waals surface area contributed by atoms with Crippen LogP contribution >= 0.6 is 0 Å². The molecule has 0 spiro atoms. The number of carbonyl (C=O) groups is 2. The molecule has 0 fully saturated rings. The third-order valence-corrected chi connectivity index (χ3v) is 3.00. The standard InChI is InChI=1S/C17H26N2O4/c1-6-19(11-15(20)18-17(2,3)4)16(21)12-23-14-10-8-7-9-13(14)22-5/h7-10H,6,11-12H2,1-5H3,(H,18,20). The number of para-hydroxylation sites is 2. The summed E-state index contributed by atoms with van der Waals surface area (Å²) in [6, 6.07) is 7.11. The molecule has 23 heavy (non-hydrogen) atoms. The maximum absolute atomic E-state index is 12.2. The normalized spacial score (nSPS) is 10.8. The van der Waals surface area contributed by atoms with Gasteiger partial charge < -0.3 is 19.7 Å². The summed E-state index contributed by atoms with van der Waals surface area (Å²) in [5, 5.41) is 2.84. The number of carbonyl (C=O) groups excluding carboxylic acids is 2. The highest BCUT2D eigenvalue weighted by atomic mass is 16.5. The summed E-state index contributed by atoms with van der Waals surface area (Å²) in [4.78, 5) is 25.6. The van der Waals surface area contributed by atoms with E-state index in [2.05, 4.69) is 5.32 Å². The zero-order chi connectivity index (χ0) is 17.5. The van der Waals surface area contributed by atoms with Crippen LogP contribution in [0.1, 0.15) is 27.7 Å². The molecule has 0 aliphatic rings. The van der Waals surface area contributed by atoms with Gasteiger partial charge in [0.15, 0.2) is 18.1 Å². The number of ether oxygens (including phenoxy) is 2. The van der Waals surface area contributed by atoms with Crippen molar-refractivity contribution in [1.82, 2.24) is 10.2 Å². The molecule has 0 radical (unpaired) electrons. The van der Waals surface area contributed by atoms with Crippen molar-refractivity contribution >= 4 is 11.8 Å². The van der Waals surface area contributed by atoms with Gasteiger partial charge in [0, 0.05) is 12.1 Å². The maximum Gasteiger partial charge on any atom is 0.260 e. The molecule has 1 aromatic rings. The Bertz CT molecular complexity index is 538. The first kappa shape index (κ1) is 18.8. The molecule has 2 amide bonds. The zero-order valence-corrected chi connectivity index (χ0v) is 14.5. The van der Waals surface area contributed by atoms with Crippen molar-refractivity contribution in [2.75, 3.05) is 26.8 Å². The lowest BCUT2D eigenvalue weighted by atomic mass is 10.1.